The van der Waals surface area contributed by atoms with Gasteiger partial charge in [-0.25, -0.2) is 0 Å². The molecule has 0 aromatic rings. The second-order valence-corrected chi connectivity index (χ2v) is 4.12. The predicted octanol–water partition coefficient (Wildman–Crippen LogP) is 2.66. The Bertz CT molecular complexity index is 160. The van der Waals surface area contributed by atoms with Crippen LogP contribution in [-0.4, -0.2) is 24.5 Å². The van der Waals surface area contributed by atoms with Crippen LogP contribution in [0.3, 0.4) is 0 Å². The highest BCUT2D eigenvalue weighted by Gasteiger charge is 2.14. The van der Waals surface area contributed by atoms with Crippen LogP contribution in [0, 0.1) is 12.3 Å². The van der Waals surface area contributed by atoms with Crippen molar-refractivity contribution in [2.24, 2.45) is 0 Å². The molecule has 1 fully saturated rings. The number of hydrogen-bond acceptors (Lipinski definition) is 1. The minimum absolute atomic E-state index is 0.747. The molecule has 0 radical (unpaired) electrons. The number of rotatable bonds is 2. The second-order valence-electron chi connectivity index (χ2n) is 4.12. The van der Waals surface area contributed by atoms with Crippen molar-refractivity contribution in [2.45, 2.75) is 51.0 Å². The van der Waals surface area contributed by atoms with Crippen LogP contribution in [-0.2, 0) is 0 Å². The van der Waals surface area contributed by atoms with Gasteiger partial charge in [0.15, 0.2) is 0 Å². The fourth-order valence-electron chi connectivity index (χ4n) is 2.15. The molecule has 74 valence electrons. The molecular weight excluding hydrogens is 158 g/mol. The molecule has 13 heavy (non-hydrogen) atoms. The highest BCUT2D eigenvalue weighted by molar-refractivity contribution is 4.89. The molecule has 0 N–H and O–H groups in total. The molecule has 0 unspecified atom stereocenters. The Labute approximate surface area is 82.5 Å². The lowest BCUT2D eigenvalue weighted by Gasteiger charge is -2.27. The molecule has 1 saturated carbocycles. The third-order valence-corrected chi connectivity index (χ3v) is 3.04. The van der Waals surface area contributed by atoms with E-state index in [1.807, 2.05) is 0 Å². The van der Waals surface area contributed by atoms with Gasteiger partial charge < -0.3 is 0 Å². The summed E-state index contributed by atoms with van der Waals surface area (Å²) in [5.41, 5.74) is 0. The van der Waals surface area contributed by atoms with Crippen molar-refractivity contribution in [3.63, 3.8) is 0 Å². The summed E-state index contributed by atoms with van der Waals surface area (Å²) < 4.78 is 0. The van der Waals surface area contributed by atoms with Crippen LogP contribution in [0.25, 0.3) is 0 Å². The van der Waals surface area contributed by atoms with E-state index in [1.54, 1.807) is 0 Å². The summed E-state index contributed by atoms with van der Waals surface area (Å²) in [5.74, 6) is 2.73. The minimum atomic E-state index is 0.747. The first-order valence-corrected chi connectivity index (χ1v) is 5.48. The fourth-order valence-corrected chi connectivity index (χ4v) is 2.15. The van der Waals surface area contributed by atoms with Gasteiger partial charge in [0.25, 0.3) is 0 Å². The van der Waals surface area contributed by atoms with Gasteiger partial charge in [-0.3, -0.25) is 4.90 Å². The van der Waals surface area contributed by atoms with E-state index in [4.69, 9.17) is 6.42 Å². The summed E-state index contributed by atoms with van der Waals surface area (Å²) in [6.45, 7) is 0.810. The largest absolute Gasteiger partial charge is 0.292 e. The Morgan fingerprint density at radius 3 is 2.23 bits per heavy atom. The average Bonchev–Trinajstić information content (AvgIpc) is 2.03. The van der Waals surface area contributed by atoms with Gasteiger partial charge in [0.1, 0.15) is 0 Å². The van der Waals surface area contributed by atoms with Gasteiger partial charge in [0.05, 0.1) is 6.54 Å². The van der Waals surface area contributed by atoms with Crippen LogP contribution in [0.5, 0.6) is 0 Å². The summed E-state index contributed by atoms with van der Waals surface area (Å²) >= 11 is 0. The Kier molecular flexibility index (Phi) is 4.93. The van der Waals surface area contributed by atoms with E-state index in [-0.39, 0.29) is 0 Å². The van der Waals surface area contributed by atoms with Crippen LogP contribution in [0.1, 0.15) is 44.9 Å². The molecule has 1 rings (SSSR count). The van der Waals surface area contributed by atoms with E-state index in [2.05, 4.69) is 17.9 Å². The van der Waals surface area contributed by atoms with Gasteiger partial charge in [0, 0.05) is 6.04 Å². The topological polar surface area (TPSA) is 3.24 Å². The maximum Gasteiger partial charge on any atom is 0.0598 e. The fraction of sp³-hybridized carbons (Fsp3) is 0.833. The first kappa shape index (κ1) is 10.6. The van der Waals surface area contributed by atoms with Gasteiger partial charge in [-0.05, 0) is 19.9 Å². The third kappa shape index (κ3) is 3.83. The van der Waals surface area contributed by atoms with Gasteiger partial charge in [0.2, 0.25) is 0 Å². The highest BCUT2D eigenvalue weighted by atomic mass is 15.1. The summed E-state index contributed by atoms with van der Waals surface area (Å²) in [7, 11) is 2.16. The van der Waals surface area contributed by atoms with Gasteiger partial charge in [-0.15, -0.1) is 6.42 Å². The van der Waals surface area contributed by atoms with E-state index in [1.165, 1.54) is 44.9 Å². The molecule has 1 nitrogen and oxygen atoms in total. The van der Waals surface area contributed by atoms with E-state index < -0.39 is 0 Å². The van der Waals surface area contributed by atoms with Crippen molar-refractivity contribution >= 4 is 0 Å². The first-order chi connectivity index (χ1) is 6.34. The van der Waals surface area contributed by atoms with Crippen LogP contribution in [0.4, 0.5) is 0 Å². The lowest BCUT2D eigenvalue weighted by atomic mass is 9.96. The minimum Gasteiger partial charge on any atom is -0.292 e. The molecule has 0 saturated heterocycles. The van der Waals surface area contributed by atoms with Crippen molar-refractivity contribution in [3.8, 4) is 12.3 Å². The van der Waals surface area contributed by atoms with Gasteiger partial charge in [-0.1, -0.05) is 38.0 Å². The van der Waals surface area contributed by atoms with Gasteiger partial charge >= 0.3 is 0 Å². The van der Waals surface area contributed by atoms with Crippen molar-refractivity contribution < 1.29 is 0 Å². The molecule has 0 aromatic heterocycles. The zero-order chi connectivity index (χ0) is 9.52. The van der Waals surface area contributed by atoms with E-state index in [0.717, 1.165) is 12.6 Å². The zero-order valence-electron chi connectivity index (χ0n) is 8.76. The third-order valence-electron chi connectivity index (χ3n) is 3.04. The normalized spacial score (nSPS) is 20.7. The van der Waals surface area contributed by atoms with Crippen LogP contribution >= 0.6 is 0 Å². The lowest BCUT2D eigenvalue weighted by Crippen LogP contribution is -2.32. The van der Waals surface area contributed by atoms with E-state index in [9.17, 15) is 0 Å². The monoisotopic (exact) mass is 179 g/mol. The predicted molar refractivity (Wildman–Crippen MR) is 57.6 cm³/mol. The summed E-state index contributed by atoms with van der Waals surface area (Å²) in [6, 6.07) is 0.747. The maximum absolute atomic E-state index is 5.31. The standard InChI is InChI=1S/C12H21N/c1-3-11-13(2)12-9-7-5-4-6-8-10-12/h1,12H,4-11H2,2H3. The molecule has 0 spiro atoms. The Morgan fingerprint density at radius 2 is 1.69 bits per heavy atom. The quantitative estimate of drug-likeness (QED) is 0.589. The molecule has 1 heteroatoms. The molecule has 0 bridgehead atoms. The molecule has 1 aliphatic carbocycles. The highest BCUT2D eigenvalue weighted by Crippen LogP contribution is 2.20. The molecule has 0 amide bonds. The number of hydrogen-bond donors (Lipinski definition) is 0. The van der Waals surface area contributed by atoms with Crippen LogP contribution in [0.15, 0.2) is 0 Å². The summed E-state index contributed by atoms with van der Waals surface area (Å²) in [5, 5.41) is 0. The first-order valence-electron chi connectivity index (χ1n) is 5.48. The van der Waals surface area contributed by atoms with Crippen molar-refractivity contribution in [1.29, 1.82) is 0 Å². The number of nitrogens with zero attached hydrogens (tertiary/aromatic N) is 1. The van der Waals surface area contributed by atoms with Crippen molar-refractivity contribution in [3.05, 3.63) is 0 Å². The van der Waals surface area contributed by atoms with E-state index >= 15 is 0 Å². The maximum atomic E-state index is 5.31. The Balaban J connectivity index is 2.32. The molecule has 0 aromatic carbocycles. The molecular formula is C12H21N. The smallest absolute Gasteiger partial charge is 0.0598 e. The lowest BCUT2D eigenvalue weighted by molar-refractivity contribution is 0.225. The van der Waals surface area contributed by atoms with Crippen molar-refractivity contribution in [1.82, 2.24) is 4.90 Å². The van der Waals surface area contributed by atoms with Crippen LogP contribution < -0.4 is 0 Å². The SMILES string of the molecule is C#CCN(C)C1CCCCCCC1. The zero-order valence-corrected chi connectivity index (χ0v) is 8.76. The van der Waals surface area contributed by atoms with Gasteiger partial charge in [-0.2, -0.15) is 0 Å². The molecule has 0 atom stereocenters. The van der Waals surface area contributed by atoms with Crippen molar-refractivity contribution in [2.75, 3.05) is 13.6 Å². The summed E-state index contributed by atoms with van der Waals surface area (Å²) in [4.78, 5) is 2.34. The molecule has 1 aliphatic rings. The second kappa shape index (κ2) is 6.05. The molecule has 0 heterocycles. The van der Waals surface area contributed by atoms with E-state index in [0.29, 0.717) is 0 Å². The van der Waals surface area contributed by atoms with Crippen LogP contribution in [0.2, 0.25) is 0 Å². The Morgan fingerprint density at radius 1 is 1.15 bits per heavy atom. The number of terminal acetylenes is 1. The average molecular weight is 179 g/mol. The summed E-state index contributed by atoms with van der Waals surface area (Å²) in [6.07, 6.45) is 15.1. The molecule has 0 aliphatic heterocycles. The Hall–Kier alpha value is -0.480.